The van der Waals surface area contributed by atoms with Gasteiger partial charge in [-0.05, 0) is 35.6 Å². The van der Waals surface area contributed by atoms with E-state index in [0.29, 0.717) is 5.92 Å². The molecule has 0 saturated heterocycles. The van der Waals surface area contributed by atoms with E-state index in [0.717, 1.165) is 24.7 Å². The van der Waals surface area contributed by atoms with Crippen molar-refractivity contribution in [3.05, 3.63) is 28.8 Å². The van der Waals surface area contributed by atoms with Gasteiger partial charge in [0.2, 0.25) is 0 Å². The number of hydrogen-bond acceptors (Lipinski definition) is 2. The van der Waals surface area contributed by atoms with Crippen LogP contribution in [0.3, 0.4) is 0 Å². The van der Waals surface area contributed by atoms with Crippen molar-refractivity contribution in [1.82, 2.24) is 5.32 Å². The second-order valence-electron chi connectivity index (χ2n) is 7.22. The highest BCUT2D eigenvalue weighted by molar-refractivity contribution is 6.31. The molecule has 0 unspecified atom stereocenters. The zero-order chi connectivity index (χ0) is 15.3. The Morgan fingerprint density at radius 1 is 1.25 bits per heavy atom. The molecule has 0 aliphatic heterocycles. The Kier molecular flexibility index (Phi) is 6.35. The Balaban J connectivity index is 2.67. The van der Waals surface area contributed by atoms with Gasteiger partial charge in [0.1, 0.15) is 0 Å². The molecule has 0 bridgehead atoms. The fourth-order valence-corrected chi connectivity index (χ4v) is 2.46. The van der Waals surface area contributed by atoms with Gasteiger partial charge in [0.05, 0.1) is 0 Å². The van der Waals surface area contributed by atoms with E-state index in [2.05, 4.69) is 70.1 Å². The first-order chi connectivity index (χ1) is 9.19. The first kappa shape index (κ1) is 17.3. The van der Waals surface area contributed by atoms with Crippen LogP contribution in [-0.4, -0.2) is 20.1 Å². The molecule has 0 aliphatic rings. The van der Waals surface area contributed by atoms with Gasteiger partial charge in [-0.2, -0.15) is 0 Å². The van der Waals surface area contributed by atoms with E-state index in [-0.39, 0.29) is 5.41 Å². The van der Waals surface area contributed by atoms with Gasteiger partial charge >= 0.3 is 0 Å². The average Bonchev–Trinajstić information content (AvgIpc) is 2.28. The van der Waals surface area contributed by atoms with Crippen molar-refractivity contribution in [3.8, 4) is 0 Å². The Hall–Kier alpha value is -0.730. The second-order valence-corrected chi connectivity index (χ2v) is 7.62. The summed E-state index contributed by atoms with van der Waals surface area (Å²) in [7, 11) is 2.12. The lowest BCUT2D eigenvalue weighted by Gasteiger charge is -2.28. The molecule has 0 atom stereocenters. The lowest BCUT2D eigenvalue weighted by molar-refractivity contribution is 0.419. The first-order valence-corrected chi connectivity index (χ1v) is 7.77. The predicted octanol–water partition coefficient (Wildman–Crippen LogP) is 4.57. The number of benzene rings is 1. The molecule has 2 nitrogen and oxygen atoms in total. The van der Waals surface area contributed by atoms with Gasteiger partial charge < -0.3 is 10.2 Å². The molecule has 0 amide bonds. The zero-order valence-electron chi connectivity index (χ0n) is 13.8. The number of hydrogen-bond donors (Lipinski definition) is 1. The molecular weight excluding hydrogens is 268 g/mol. The Labute approximate surface area is 129 Å². The molecule has 0 aromatic heterocycles. The first-order valence-electron chi connectivity index (χ1n) is 7.39. The van der Waals surface area contributed by atoms with E-state index in [9.17, 15) is 0 Å². The molecular formula is C17H29ClN2. The lowest BCUT2D eigenvalue weighted by Crippen LogP contribution is -2.29. The van der Waals surface area contributed by atoms with Crippen LogP contribution in [0, 0.1) is 11.3 Å². The molecule has 0 fully saturated rings. The Morgan fingerprint density at radius 2 is 1.90 bits per heavy atom. The minimum atomic E-state index is 0.277. The smallest absolute Gasteiger partial charge is 0.0471 e. The fourth-order valence-electron chi connectivity index (χ4n) is 2.22. The number of nitrogens with one attached hydrogen (secondary N) is 1. The van der Waals surface area contributed by atoms with Crippen LogP contribution < -0.4 is 10.2 Å². The molecule has 20 heavy (non-hydrogen) atoms. The molecule has 1 rings (SSSR count). The maximum absolute atomic E-state index is 6.39. The van der Waals surface area contributed by atoms with Gasteiger partial charge in [0.25, 0.3) is 0 Å². The summed E-state index contributed by atoms with van der Waals surface area (Å²) >= 11 is 6.39. The summed E-state index contributed by atoms with van der Waals surface area (Å²) in [4.78, 5) is 2.26. The number of halogens is 1. The molecule has 1 aromatic carbocycles. The number of rotatable bonds is 6. The van der Waals surface area contributed by atoms with Crippen molar-refractivity contribution in [1.29, 1.82) is 0 Å². The molecule has 0 heterocycles. The third-order valence-corrected chi connectivity index (χ3v) is 3.41. The van der Waals surface area contributed by atoms with Crippen molar-refractivity contribution in [2.45, 2.75) is 41.2 Å². The summed E-state index contributed by atoms with van der Waals surface area (Å²) in [5.74, 6) is 0.658. The maximum atomic E-state index is 6.39. The molecule has 0 saturated carbocycles. The minimum absolute atomic E-state index is 0.277. The largest absolute Gasteiger partial charge is 0.374 e. The number of nitrogens with zero attached hydrogens (tertiary/aromatic N) is 1. The van der Waals surface area contributed by atoms with Crippen molar-refractivity contribution in [2.24, 2.45) is 11.3 Å². The molecule has 114 valence electrons. The molecule has 0 spiro atoms. The predicted molar refractivity (Wildman–Crippen MR) is 90.7 cm³/mol. The highest BCUT2D eigenvalue weighted by Crippen LogP contribution is 2.25. The second kappa shape index (κ2) is 7.33. The third kappa shape index (κ3) is 6.15. The van der Waals surface area contributed by atoms with Gasteiger partial charge in [-0.3, -0.25) is 0 Å². The highest BCUT2D eigenvalue weighted by atomic mass is 35.5. The summed E-state index contributed by atoms with van der Waals surface area (Å²) in [5.41, 5.74) is 2.62. The number of anilines is 1. The molecule has 0 radical (unpaired) electrons. The van der Waals surface area contributed by atoms with Crippen molar-refractivity contribution >= 4 is 17.3 Å². The van der Waals surface area contributed by atoms with Gasteiger partial charge in [0.15, 0.2) is 0 Å². The lowest BCUT2D eigenvalue weighted by atomic mass is 9.96. The van der Waals surface area contributed by atoms with Crippen LogP contribution in [0.4, 0.5) is 5.69 Å². The fraction of sp³-hybridized carbons (Fsp3) is 0.647. The zero-order valence-corrected chi connectivity index (χ0v) is 14.5. The van der Waals surface area contributed by atoms with E-state index in [1.54, 1.807) is 0 Å². The van der Waals surface area contributed by atoms with Crippen molar-refractivity contribution in [2.75, 3.05) is 25.0 Å². The molecule has 0 aliphatic carbocycles. The third-order valence-electron chi connectivity index (χ3n) is 3.06. The molecule has 1 aromatic rings. The van der Waals surface area contributed by atoms with E-state index in [1.807, 2.05) is 0 Å². The Morgan fingerprint density at radius 3 is 2.40 bits per heavy atom. The highest BCUT2D eigenvalue weighted by Gasteiger charge is 2.14. The monoisotopic (exact) mass is 296 g/mol. The summed E-state index contributed by atoms with van der Waals surface area (Å²) in [6.45, 7) is 14.0. The summed E-state index contributed by atoms with van der Waals surface area (Å²) in [5, 5.41) is 4.28. The van der Waals surface area contributed by atoms with E-state index < -0.39 is 0 Å². The average molecular weight is 297 g/mol. The van der Waals surface area contributed by atoms with Crippen molar-refractivity contribution < 1.29 is 0 Å². The van der Waals surface area contributed by atoms with E-state index in [1.165, 1.54) is 11.3 Å². The molecule has 1 N–H and O–H groups in total. The van der Waals surface area contributed by atoms with E-state index >= 15 is 0 Å². The van der Waals surface area contributed by atoms with Gasteiger partial charge in [0, 0.05) is 30.8 Å². The van der Waals surface area contributed by atoms with Crippen LogP contribution >= 0.6 is 11.6 Å². The van der Waals surface area contributed by atoms with Gasteiger partial charge in [-0.1, -0.05) is 52.3 Å². The van der Waals surface area contributed by atoms with Crippen LogP contribution in [0.15, 0.2) is 18.2 Å². The van der Waals surface area contributed by atoms with Crippen LogP contribution in [-0.2, 0) is 6.54 Å². The summed E-state index contributed by atoms with van der Waals surface area (Å²) in [6, 6.07) is 6.36. The van der Waals surface area contributed by atoms with Gasteiger partial charge in [-0.25, -0.2) is 0 Å². The minimum Gasteiger partial charge on any atom is -0.374 e. The van der Waals surface area contributed by atoms with Crippen LogP contribution in [0.1, 0.15) is 40.2 Å². The summed E-state index contributed by atoms with van der Waals surface area (Å²) in [6.07, 6.45) is 0. The van der Waals surface area contributed by atoms with Crippen LogP contribution in [0.5, 0.6) is 0 Å². The van der Waals surface area contributed by atoms with Crippen LogP contribution in [0.25, 0.3) is 0 Å². The quantitative estimate of drug-likeness (QED) is 0.827. The van der Waals surface area contributed by atoms with Crippen molar-refractivity contribution in [3.63, 3.8) is 0 Å². The summed E-state index contributed by atoms with van der Waals surface area (Å²) < 4.78 is 0. The normalized spacial score (nSPS) is 12.0. The van der Waals surface area contributed by atoms with Gasteiger partial charge in [-0.15, -0.1) is 0 Å². The van der Waals surface area contributed by atoms with E-state index in [4.69, 9.17) is 11.6 Å². The van der Waals surface area contributed by atoms with Crippen LogP contribution in [0.2, 0.25) is 5.02 Å². The SMILES string of the molecule is CC(C)CNCc1ccc(N(C)CC(C)(C)C)cc1Cl. The standard InChI is InChI=1S/C17H29ClN2/c1-13(2)10-19-11-14-7-8-15(9-16(14)18)20(6)12-17(3,4)5/h7-9,13,19H,10-12H2,1-6H3. The Bertz CT molecular complexity index is 421. The maximum Gasteiger partial charge on any atom is 0.0471 e. The molecule has 3 heteroatoms. The topological polar surface area (TPSA) is 15.3 Å².